The summed E-state index contributed by atoms with van der Waals surface area (Å²) in [5, 5.41) is 0. The highest BCUT2D eigenvalue weighted by molar-refractivity contribution is 5.85. The van der Waals surface area contributed by atoms with Crippen molar-refractivity contribution in [2.75, 3.05) is 6.54 Å². The molecule has 1 rings (SSSR count). The Hall–Kier alpha value is -0.900. The summed E-state index contributed by atoms with van der Waals surface area (Å²) in [5.41, 5.74) is 5.86. The van der Waals surface area contributed by atoms with Crippen LogP contribution in [0.4, 0.5) is 0 Å². The highest BCUT2D eigenvalue weighted by Crippen LogP contribution is 2.18. The number of nitrogens with two attached hydrogens (primary N) is 1. The summed E-state index contributed by atoms with van der Waals surface area (Å²) < 4.78 is 0. The number of likely N-dealkylation sites (tertiary alicyclic amines) is 1. The van der Waals surface area contributed by atoms with E-state index >= 15 is 0 Å². The van der Waals surface area contributed by atoms with Gasteiger partial charge < -0.3 is 15.4 Å². The number of nitrogens with zero attached hydrogens (tertiary/aromatic N) is 1. The highest BCUT2D eigenvalue weighted by atomic mass is 16.2. The second-order valence-electron chi connectivity index (χ2n) is 4.29. The average Bonchev–Trinajstić information content (AvgIpc) is 2.73. The fourth-order valence-corrected chi connectivity index (χ4v) is 1.90. The molecule has 4 heteroatoms. The first-order chi connectivity index (χ1) is 7.11. The van der Waals surface area contributed by atoms with Gasteiger partial charge in [0.05, 0.1) is 12.1 Å². The van der Waals surface area contributed by atoms with Crippen LogP contribution in [0, 0.1) is 5.92 Å². The summed E-state index contributed by atoms with van der Waals surface area (Å²) in [7, 11) is 0. The van der Waals surface area contributed by atoms with Crippen molar-refractivity contribution in [2.45, 2.75) is 45.2 Å². The second kappa shape index (κ2) is 5.26. The zero-order valence-corrected chi connectivity index (χ0v) is 9.48. The van der Waals surface area contributed by atoms with Crippen molar-refractivity contribution >= 4 is 12.2 Å². The van der Waals surface area contributed by atoms with Crippen LogP contribution in [0.2, 0.25) is 0 Å². The van der Waals surface area contributed by atoms with Gasteiger partial charge in [0.2, 0.25) is 5.91 Å². The molecule has 0 spiro atoms. The molecule has 1 amide bonds. The van der Waals surface area contributed by atoms with Gasteiger partial charge >= 0.3 is 0 Å². The monoisotopic (exact) mass is 212 g/mol. The Bertz CT molecular complexity index is 243. The first-order valence-corrected chi connectivity index (χ1v) is 5.63. The number of hydrogen-bond acceptors (Lipinski definition) is 3. The predicted molar refractivity (Wildman–Crippen MR) is 58.2 cm³/mol. The van der Waals surface area contributed by atoms with Crippen LogP contribution in [0.15, 0.2) is 0 Å². The zero-order valence-electron chi connectivity index (χ0n) is 9.48. The van der Waals surface area contributed by atoms with Crippen molar-refractivity contribution in [1.29, 1.82) is 0 Å². The summed E-state index contributed by atoms with van der Waals surface area (Å²) in [6.07, 6.45) is 3.42. The quantitative estimate of drug-likeness (QED) is 0.692. The maximum absolute atomic E-state index is 12.0. The fourth-order valence-electron chi connectivity index (χ4n) is 1.90. The Morgan fingerprint density at radius 3 is 2.87 bits per heavy atom. The first kappa shape index (κ1) is 12.2. The van der Waals surface area contributed by atoms with Gasteiger partial charge in [0.15, 0.2) is 0 Å². The summed E-state index contributed by atoms with van der Waals surface area (Å²) >= 11 is 0. The van der Waals surface area contributed by atoms with E-state index in [9.17, 15) is 9.59 Å². The Balaban J connectivity index is 2.63. The zero-order chi connectivity index (χ0) is 11.4. The number of amides is 1. The van der Waals surface area contributed by atoms with Gasteiger partial charge in [0.1, 0.15) is 6.29 Å². The molecule has 0 aliphatic carbocycles. The first-order valence-electron chi connectivity index (χ1n) is 5.63. The van der Waals surface area contributed by atoms with Gasteiger partial charge in [-0.25, -0.2) is 0 Å². The van der Waals surface area contributed by atoms with E-state index in [0.29, 0.717) is 6.54 Å². The molecule has 0 aromatic heterocycles. The van der Waals surface area contributed by atoms with Crippen molar-refractivity contribution < 1.29 is 9.59 Å². The summed E-state index contributed by atoms with van der Waals surface area (Å²) in [6.45, 7) is 4.65. The normalized spacial score (nSPS) is 25.0. The topological polar surface area (TPSA) is 63.4 Å². The van der Waals surface area contributed by atoms with E-state index < -0.39 is 6.04 Å². The van der Waals surface area contributed by atoms with Gasteiger partial charge in [-0.05, 0) is 18.8 Å². The summed E-state index contributed by atoms with van der Waals surface area (Å²) in [5.74, 6) is 0.101. The van der Waals surface area contributed by atoms with Crippen LogP contribution in [0.3, 0.4) is 0 Å². The molecule has 86 valence electrons. The largest absolute Gasteiger partial charge is 0.332 e. The lowest BCUT2D eigenvalue weighted by Crippen LogP contribution is -2.49. The Labute approximate surface area is 90.8 Å². The third-order valence-corrected chi connectivity index (χ3v) is 3.28. The lowest BCUT2D eigenvalue weighted by molar-refractivity contribution is -0.136. The molecule has 15 heavy (non-hydrogen) atoms. The highest BCUT2D eigenvalue weighted by Gasteiger charge is 2.32. The van der Waals surface area contributed by atoms with Crippen molar-refractivity contribution in [2.24, 2.45) is 11.7 Å². The van der Waals surface area contributed by atoms with E-state index in [1.54, 1.807) is 4.90 Å². The molecular weight excluding hydrogens is 192 g/mol. The molecule has 0 saturated carbocycles. The molecule has 1 heterocycles. The molecule has 0 unspecified atom stereocenters. The summed E-state index contributed by atoms with van der Waals surface area (Å²) in [4.78, 5) is 24.3. The van der Waals surface area contributed by atoms with E-state index in [1.807, 2.05) is 13.8 Å². The number of hydrogen-bond donors (Lipinski definition) is 1. The minimum Gasteiger partial charge on any atom is -0.332 e. The smallest absolute Gasteiger partial charge is 0.240 e. The molecule has 0 bridgehead atoms. The van der Waals surface area contributed by atoms with Gasteiger partial charge in [-0.15, -0.1) is 0 Å². The molecule has 2 N–H and O–H groups in total. The van der Waals surface area contributed by atoms with Crippen LogP contribution in [0.5, 0.6) is 0 Å². The van der Waals surface area contributed by atoms with E-state index in [-0.39, 0.29) is 17.9 Å². The third-order valence-electron chi connectivity index (χ3n) is 3.28. The molecule has 0 aromatic carbocycles. The Kier molecular flexibility index (Phi) is 4.27. The van der Waals surface area contributed by atoms with Crippen LogP contribution in [-0.2, 0) is 9.59 Å². The molecular formula is C11H20N2O2. The van der Waals surface area contributed by atoms with Gasteiger partial charge in [-0.3, -0.25) is 4.79 Å². The standard InChI is InChI=1S/C11H20N2O2/c1-3-8(2)10(12)11(15)13-6-4-5-9(13)7-14/h7-10H,3-6,12H2,1-2H3/t8-,9-,10-/m0/s1. The minimum absolute atomic E-state index is 0.0704. The molecule has 0 aromatic rings. The van der Waals surface area contributed by atoms with Crippen LogP contribution in [-0.4, -0.2) is 35.7 Å². The molecule has 1 aliphatic heterocycles. The average molecular weight is 212 g/mol. The van der Waals surface area contributed by atoms with Crippen LogP contribution < -0.4 is 5.73 Å². The van der Waals surface area contributed by atoms with Crippen LogP contribution in [0.1, 0.15) is 33.1 Å². The van der Waals surface area contributed by atoms with Crippen molar-refractivity contribution in [3.05, 3.63) is 0 Å². The van der Waals surface area contributed by atoms with Crippen LogP contribution >= 0.6 is 0 Å². The van der Waals surface area contributed by atoms with Gasteiger partial charge in [0, 0.05) is 6.54 Å². The number of carbonyl (C=O) groups excluding carboxylic acids is 2. The lowest BCUT2D eigenvalue weighted by atomic mass is 9.99. The van der Waals surface area contributed by atoms with E-state index in [1.165, 1.54) is 0 Å². The van der Waals surface area contributed by atoms with E-state index in [2.05, 4.69) is 0 Å². The third kappa shape index (κ3) is 2.56. The van der Waals surface area contributed by atoms with Gasteiger partial charge in [0.25, 0.3) is 0 Å². The maximum atomic E-state index is 12.0. The van der Waals surface area contributed by atoms with Crippen molar-refractivity contribution in [3.63, 3.8) is 0 Å². The lowest BCUT2D eigenvalue weighted by Gasteiger charge is -2.26. The second-order valence-corrected chi connectivity index (χ2v) is 4.29. The maximum Gasteiger partial charge on any atom is 0.240 e. The SMILES string of the molecule is CC[C@H](C)[C@H](N)C(=O)N1CCC[C@H]1C=O. The molecule has 1 aliphatic rings. The summed E-state index contributed by atoms with van der Waals surface area (Å²) in [6, 6.07) is -0.705. The fraction of sp³-hybridized carbons (Fsp3) is 0.818. The number of rotatable bonds is 4. The van der Waals surface area contributed by atoms with Crippen LogP contribution in [0.25, 0.3) is 0 Å². The van der Waals surface area contributed by atoms with Crippen molar-refractivity contribution in [3.8, 4) is 0 Å². The molecule has 0 radical (unpaired) electrons. The molecule has 1 saturated heterocycles. The number of aldehydes is 1. The van der Waals surface area contributed by atoms with Crippen molar-refractivity contribution in [1.82, 2.24) is 4.90 Å². The van der Waals surface area contributed by atoms with E-state index in [0.717, 1.165) is 25.5 Å². The molecule has 3 atom stereocenters. The molecule has 1 fully saturated rings. The minimum atomic E-state index is -0.462. The van der Waals surface area contributed by atoms with Gasteiger partial charge in [-0.1, -0.05) is 20.3 Å². The Morgan fingerprint density at radius 1 is 1.67 bits per heavy atom. The molecule has 4 nitrogen and oxygen atoms in total. The van der Waals surface area contributed by atoms with E-state index in [4.69, 9.17) is 5.73 Å². The Morgan fingerprint density at radius 2 is 2.33 bits per heavy atom. The van der Waals surface area contributed by atoms with Gasteiger partial charge in [-0.2, -0.15) is 0 Å². The number of carbonyl (C=O) groups is 2. The predicted octanol–water partition coefficient (Wildman–Crippen LogP) is 0.550.